The zero-order valence-corrected chi connectivity index (χ0v) is 17.8. The maximum absolute atomic E-state index is 13.5. The monoisotopic (exact) mass is 423 g/mol. The number of Topliss-reactive ketones (excluding diaryl/α,β-unsaturated/α-hetero) is 1. The fourth-order valence-corrected chi connectivity index (χ4v) is 3.73. The third-order valence-corrected chi connectivity index (χ3v) is 5.08. The number of hydrogen-bond acceptors (Lipinski definition) is 4. The molecule has 0 fully saturated rings. The second-order valence-electron chi connectivity index (χ2n) is 7.67. The number of esters is 1. The summed E-state index contributed by atoms with van der Waals surface area (Å²) in [6, 6.07) is 14.4. The van der Waals surface area contributed by atoms with E-state index in [-0.39, 0.29) is 24.7 Å². The van der Waals surface area contributed by atoms with Crippen LogP contribution in [-0.2, 0) is 14.3 Å². The molecule has 0 saturated carbocycles. The summed E-state index contributed by atoms with van der Waals surface area (Å²) in [7, 11) is 1.22. The molecule has 3 aromatic rings. The van der Waals surface area contributed by atoms with Crippen LogP contribution in [-0.4, -0.2) is 34.6 Å². The molecule has 31 heavy (non-hydrogen) atoms. The van der Waals surface area contributed by atoms with Crippen molar-refractivity contribution in [2.24, 2.45) is 0 Å². The van der Waals surface area contributed by atoms with Crippen molar-refractivity contribution in [3.8, 4) is 11.1 Å². The standard InChI is InChI=1S/C25H26FNO4/c1-16(2)27-22-7-5-4-6-21(22)25(17-8-10-18(26)11-9-17)23(27)13-12-19(28)14-20(29)15-24(30)31-3/h4-13,16,19,28H,14-15H2,1-3H3/b13-12+. The summed E-state index contributed by atoms with van der Waals surface area (Å²) in [5.41, 5.74) is 3.65. The normalized spacial score (nSPS) is 12.6. The first-order chi connectivity index (χ1) is 14.8. The summed E-state index contributed by atoms with van der Waals surface area (Å²) < 4.78 is 20.2. The maximum atomic E-state index is 13.5. The van der Waals surface area contributed by atoms with Gasteiger partial charge in [-0.3, -0.25) is 9.59 Å². The van der Waals surface area contributed by atoms with E-state index in [0.717, 1.165) is 27.7 Å². The lowest BCUT2D eigenvalue weighted by Crippen LogP contribution is -2.15. The molecule has 3 rings (SSSR count). The molecule has 162 valence electrons. The fraction of sp³-hybridized carbons (Fsp3) is 0.280. The van der Waals surface area contributed by atoms with Crippen molar-refractivity contribution in [3.63, 3.8) is 0 Å². The molecule has 0 aliphatic rings. The van der Waals surface area contributed by atoms with Crippen LogP contribution >= 0.6 is 0 Å². The van der Waals surface area contributed by atoms with Gasteiger partial charge in [0.2, 0.25) is 0 Å². The van der Waals surface area contributed by atoms with E-state index in [2.05, 4.69) is 23.2 Å². The first-order valence-corrected chi connectivity index (χ1v) is 10.2. The molecule has 2 aromatic carbocycles. The Kier molecular flexibility index (Phi) is 7.02. The van der Waals surface area contributed by atoms with Crippen LogP contribution in [0.2, 0.25) is 0 Å². The highest BCUT2D eigenvalue weighted by molar-refractivity contribution is 6.01. The first-order valence-electron chi connectivity index (χ1n) is 10.2. The number of aliphatic hydroxyl groups is 1. The zero-order valence-electron chi connectivity index (χ0n) is 17.8. The molecule has 1 atom stereocenters. The lowest BCUT2D eigenvalue weighted by Gasteiger charge is -2.14. The number of para-hydroxylation sites is 1. The van der Waals surface area contributed by atoms with E-state index in [1.54, 1.807) is 24.3 Å². The Hall–Kier alpha value is -3.25. The Morgan fingerprint density at radius 2 is 1.81 bits per heavy atom. The smallest absolute Gasteiger partial charge is 0.313 e. The highest BCUT2D eigenvalue weighted by Gasteiger charge is 2.19. The number of hydrogen-bond donors (Lipinski definition) is 1. The fourth-order valence-electron chi connectivity index (χ4n) is 3.73. The number of benzene rings is 2. The van der Waals surface area contributed by atoms with Crippen molar-refractivity contribution < 1.29 is 23.8 Å². The molecule has 1 N–H and O–H groups in total. The zero-order chi connectivity index (χ0) is 22.5. The first kappa shape index (κ1) is 22.4. The quantitative estimate of drug-likeness (QED) is 0.412. The highest BCUT2D eigenvalue weighted by atomic mass is 19.1. The van der Waals surface area contributed by atoms with Crippen LogP contribution in [0.3, 0.4) is 0 Å². The molecule has 1 unspecified atom stereocenters. The molecule has 0 aliphatic heterocycles. The SMILES string of the molecule is COC(=O)CC(=O)CC(O)/C=C/c1c(-c2ccc(F)cc2)c2ccccc2n1C(C)C. The molecule has 0 spiro atoms. The molecule has 1 heterocycles. The molecule has 0 amide bonds. The van der Waals surface area contributed by atoms with E-state index in [4.69, 9.17) is 0 Å². The van der Waals surface area contributed by atoms with E-state index in [1.807, 2.05) is 24.3 Å². The van der Waals surface area contributed by atoms with Crippen molar-refractivity contribution in [2.45, 2.75) is 38.8 Å². The van der Waals surface area contributed by atoms with Crippen LogP contribution in [0.4, 0.5) is 4.39 Å². The minimum atomic E-state index is -1.04. The van der Waals surface area contributed by atoms with E-state index < -0.39 is 17.9 Å². The number of ether oxygens (including phenoxy) is 1. The van der Waals surface area contributed by atoms with Crippen molar-refractivity contribution in [1.29, 1.82) is 0 Å². The van der Waals surface area contributed by atoms with Crippen molar-refractivity contribution in [1.82, 2.24) is 4.57 Å². The van der Waals surface area contributed by atoms with Gasteiger partial charge in [-0.1, -0.05) is 36.4 Å². The molecule has 0 saturated heterocycles. The van der Waals surface area contributed by atoms with Gasteiger partial charge in [-0.05, 0) is 43.7 Å². The average Bonchev–Trinajstić information content (AvgIpc) is 3.07. The van der Waals surface area contributed by atoms with E-state index >= 15 is 0 Å². The van der Waals surface area contributed by atoms with E-state index in [0.29, 0.717) is 0 Å². The third kappa shape index (κ3) is 5.09. The molecule has 0 aliphatic carbocycles. The Morgan fingerprint density at radius 3 is 2.45 bits per heavy atom. The van der Waals surface area contributed by atoms with Gasteiger partial charge in [-0.15, -0.1) is 0 Å². The summed E-state index contributed by atoms with van der Waals surface area (Å²) >= 11 is 0. The molecular formula is C25H26FNO4. The topological polar surface area (TPSA) is 68.5 Å². The summed E-state index contributed by atoms with van der Waals surface area (Å²) in [4.78, 5) is 23.2. The van der Waals surface area contributed by atoms with Gasteiger partial charge in [0.1, 0.15) is 18.0 Å². The Labute approximate surface area is 180 Å². The Balaban J connectivity index is 2.04. The lowest BCUT2D eigenvalue weighted by atomic mass is 10.0. The molecular weight excluding hydrogens is 397 g/mol. The Morgan fingerprint density at radius 1 is 1.13 bits per heavy atom. The number of halogens is 1. The van der Waals surface area contributed by atoms with Crippen molar-refractivity contribution in [3.05, 3.63) is 66.1 Å². The van der Waals surface area contributed by atoms with Gasteiger partial charge in [0, 0.05) is 34.6 Å². The van der Waals surface area contributed by atoms with E-state index in [1.165, 1.54) is 19.2 Å². The number of methoxy groups -OCH3 is 1. The number of carbonyl (C=O) groups is 2. The average molecular weight is 423 g/mol. The molecule has 5 nitrogen and oxygen atoms in total. The second-order valence-corrected chi connectivity index (χ2v) is 7.67. The van der Waals surface area contributed by atoms with E-state index in [9.17, 15) is 19.1 Å². The number of nitrogens with zero attached hydrogens (tertiary/aromatic N) is 1. The molecule has 0 radical (unpaired) electrons. The largest absolute Gasteiger partial charge is 0.469 e. The third-order valence-electron chi connectivity index (χ3n) is 5.08. The summed E-state index contributed by atoms with van der Waals surface area (Å²) in [6.07, 6.45) is 1.75. The maximum Gasteiger partial charge on any atom is 0.313 e. The lowest BCUT2D eigenvalue weighted by molar-refractivity contribution is -0.143. The van der Waals surface area contributed by atoms with Gasteiger partial charge in [-0.25, -0.2) is 4.39 Å². The molecule has 1 aromatic heterocycles. The van der Waals surface area contributed by atoms with Gasteiger partial charge < -0.3 is 14.4 Å². The molecule has 6 heteroatoms. The van der Waals surface area contributed by atoms with Crippen molar-refractivity contribution >= 4 is 28.7 Å². The summed E-state index contributed by atoms with van der Waals surface area (Å²) in [5, 5.41) is 11.4. The van der Waals surface area contributed by atoms with Crippen molar-refractivity contribution in [2.75, 3.05) is 7.11 Å². The van der Waals surface area contributed by atoms with Crippen LogP contribution in [0.25, 0.3) is 28.1 Å². The van der Waals surface area contributed by atoms with Gasteiger partial charge in [-0.2, -0.15) is 0 Å². The summed E-state index contributed by atoms with van der Waals surface area (Å²) in [5.74, 6) is -1.33. The predicted molar refractivity (Wildman–Crippen MR) is 119 cm³/mol. The summed E-state index contributed by atoms with van der Waals surface area (Å²) in [6.45, 7) is 4.13. The number of ketones is 1. The Bertz CT molecular complexity index is 1110. The van der Waals surface area contributed by atoms with Crippen LogP contribution < -0.4 is 0 Å². The highest BCUT2D eigenvalue weighted by Crippen LogP contribution is 2.38. The molecule has 0 bridgehead atoms. The van der Waals surface area contributed by atoms with Gasteiger partial charge in [0.25, 0.3) is 0 Å². The number of carbonyl (C=O) groups excluding carboxylic acids is 2. The van der Waals surface area contributed by atoms with Gasteiger partial charge >= 0.3 is 5.97 Å². The minimum Gasteiger partial charge on any atom is -0.469 e. The van der Waals surface area contributed by atoms with Gasteiger partial charge in [0.15, 0.2) is 0 Å². The van der Waals surface area contributed by atoms with Gasteiger partial charge in [0.05, 0.1) is 13.2 Å². The number of rotatable bonds is 8. The van der Waals surface area contributed by atoms with Crippen LogP contribution in [0, 0.1) is 5.82 Å². The number of aliphatic hydroxyl groups excluding tert-OH is 1. The minimum absolute atomic E-state index is 0.122. The predicted octanol–water partition coefficient (Wildman–Crippen LogP) is 4.92. The number of aromatic nitrogens is 1. The van der Waals surface area contributed by atoms with Crippen LogP contribution in [0.1, 0.15) is 38.4 Å². The van der Waals surface area contributed by atoms with Crippen LogP contribution in [0.5, 0.6) is 0 Å². The second kappa shape index (κ2) is 9.71. The number of fused-ring (bicyclic) bond motifs is 1. The van der Waals surface area contributed by atoms with Crippen LogP contribution in [0.15, 0.2) is 54.6 Å².